The molecule has 1 unspecified atom stereocenters. The number of methoxy groups -OCH3 is 1. The second-order valence-electron chi connectivity index (χ2n) is 5.88. The summed E-state index contributed by atoms with van der Waals surface area (Å²) in [5, 5.41) is 0. The SMILES string of the molecule is COc1cc(C)c(C(N)C2CCC(N)CC2)cc1C. The number of hydrogen-bond acceptors (Lipinski definition) is 3. The zero-order valence-electron chi connectivity index (χ0n) is 12.3. The van der Waals surface area contributed by atoms with Crippen LogP contribution >= 0.6 is 0 Å². The van der Waals surface area contributed by atoms with E-state index in [-0.39, 0.29) is 6.04 Å². The second-order valence-corrected chi connectivity index (χ2v) is 5.88. The van der Waals surface area contributed by atoms with Gasteiger partial charge in [-0.25, -0.2) is 0 Å². The van der Waals surface area contributed by atoms with E-state index in [1.807, 2.05) is 0 Å². The van der Waals surface area contributed by atoms with Gasteiger partial charge in [-0.2, -0.15) is 0 Å². The van der Waals surface area contributed by atoms with Crippen molar-refractivity contribution < 1.29 is 4.74 Å². The maximum atomic E-state index is 6.49. The largest absolute Gasteiger partial charge is 0.496 e. The van der Waals surface area contributed by atoms with Gasteiger partial charge in [0, 0.05) is 12.1 Å². The molecular formula is C16H26N2O. The van der Waals surface area contributed by atoms with Gasteiger partial charge in [0.25, 0.3) is 0 Å². The van der Waals surface area contributed by atoms with E-state index in [1.165, 1.54) is 11.1 Å². The lowest BCUT2D eigenvalue weighted by molar-refractivity contribution is 0.284. The quantitative estimate of drug-likeness (QED) is 0.880. The van der Waals surface area contributed by atoms with Crippen molar-refractivity contribution in [2.24, 2.45) is 17.4 Å². The predicted octanol–water partition coefficient (Wildman–Crippen LogP) is 2.83. The third kappa shape index (κ3) is 3.10. The number of ether oxygens (including phenoxy) is 1. The lowest BCUT2D eigenvalue weighted by atomic mass is 9.79. The summed E-state index contributed by atoms with van der Waals surface area (Å²) >= 11 is 0. The van der Waals surface area contributed by atoms with E-state index < -0.39 is 0 Å². The van der Waals surface area contributed by atoms with Crippen LogP contribution in [0.25, 0.3) is 0 Å². The molecule has 1 atom stereocenters. The molecule has 3 heteroatoms. The Kier molecular flexibility index (Phi) is 4.48. The Balaban J connectivity index is 2.19. The van der Waals surface area contributed by atoms with Crippen molar-refractivity contribution >= 4 is 0 Å². The molecule has 1 aromatic carbocycles. The van der Waals surface area contributed by atoms with Crippen molar-refractivity contribution in [2.75, 3.05) is 7.11 Å². The van der Waals surface area contributed by atoms with E-state index in [0.29, 0.717) is 12.0 Å². The smallest absolute Gasteiger partial charge is 0.122 e. The summed E-state index contributed by atoms with van der Waals surface area (Å²) in [4.78, 5) is 0. The highest BCUT2D eigenvalue weighted by atomic mass is 16.5. The summed E-state index contributed by atoms with van der Waals surface area (Å²) in [6.45, 7) is 4.19. The molecule has 4 N–H and O–H groups in total. The van der Waals surface area contributed by atoms with Gasteiger partial charge in [0.05, 0.1) is 7.11 Å². The standard InChI is InChI=1S/C16H26N2O/c1-10-9-15(19-3)11(2)8-14(10)16(18)12-4-6-13(17)7-5-12/h8-9,12-13,16H,4-7,17-18H2,1-3H3. The molecule has 0 aromatic heterocycles. The molecular weight excluding hydrogens is 236 g/mol. The van der Waals surface area contributed by atoms with Crippen molar-refractivity contribution in [3.63, 3.8) is 0 Å². The molecule has 0 saturated heterocycles. The summed E-state index contributed by atoms with van der Waals surface area (Å²) in [5.41, 5.74) is 16.1. The fourth-order valence-electron chi connectivity index (χ4n) is 3.15. The van der Waals surface area contributed by atoms with Crippen LogP contribution in [-0.2, 0) is 0 Å². The van der Waals surface area contributed by atoms with Gasteiger partial charge in [0.1, 0.15) is 5.75 Å². The Morgan fingerprint density at radius 3 is 2.32 bits per heavy atom. The average Bonchev–Trinajstić information content (AvgIpc) is 2.41. The monoisotopic (exact) mass is 262 g/mol. The molecule has 2 rings (SSSR count). The van der Waals surface area contributed by atoms with Crippen LogP contribution in [0.5, 0.6) is 5.75 Å². The maximum absolute atomic E-state index is 6.49. The van der Waals surface area contributed by atoms with Gasteiger partial charge in [-0.15, -0.1) is 0 Å². The minimum Gasteiger partial charge on any atom is -0.496 e. The topological polar surface area (TPSA) is 61.3 Å². The first-order chi connectivity index (χ1) is 9.02. The summed E-state index contributed by atoms with van der Waals surface area (Å²) in [7, 11) is 1.71. The van der Waals surface area contributed by atoms with Crippen LogP contribution in [0.15, 0.2) is 12.1 Å². The summed E-state index contributed by atoms with van der Waals surface area (Å²) in [6.07, 6.45) is 4.50. The molecule has 0 spiro atoms. The number of nitrogens with two attached hydrogens (primary N) is 2. The van der Waals surface area contributed by atoms with Crippen LogP contribution < -0.4 is 16.2 Å². The van der Waals surface area contributed by atoms with Gasteiger partial charge in [-0.05, 0) is 68.2 Å². The minimum absolute atomic E-state index is 0.122. The fourth-order valence-corrected chi connectivity index (χ4v) is 3.15. The van der Waals surface area contributed by atoms with Crippen molar-refractivity contribution in [3.05, 3.63) is 28.8 Å². The highest BCUT2D eigenvalue weighted by Crippen LogP contribution is 2.35. The molecule has 0 aliphatic heterocycles. The summed E-state index contributed by atoms with van der Waals surface area (Å²) in [6, 6.07) is 4.78. The second kappa shape index (κ2) is 5.93. The van der Waals surface area contributed by atoms with Crippen molar-refractivity contribution in [1.82, 2.24) is 0 Å². The molecule has 19 heavy (non-hydrogen) atoms. The highest BCUT2D eigenvalue weighted by molar-refractivity contribution is 5.43. The molecule has 106 valence electrons. The zero-order valence-corrected chi connectivity index (χ0v) is 12.3. The molecule has 3 nitrogen and oxygen atoms in total. The summed E-state index contributed by atoms with van der Waals surface area (Å²) in [5.74, 6) is 1.51. The first-order valence-corrected chi connectivity index (χ1v) is 7.19. The predicted molar refractivity (Wildman–Crippen MR) is 79.3 cm³/mol. The van der Waals surface area contributed by atoms with Gasteiger partial charge >= 0.3 is 0 Å². The zero-order chi connectivity index (χ0) is 14.0. The van der Waals surface area contributed by atoms with Crippen LogP contribution in [-0.4, -0.2) is 13.2 Å². The van der Waals surface area contributed by atoms with Gasteiger partial charge in [-0.3, -0.25) is 0 Å². The van der Waals surface area contributed by atoms with E-state index in [9.17, 15) is 0 Å². The molecule has 0 radical (unpaired) electrons. The molecule has 1 aliphatic carbocycles. The van der Waals surface area contributed by atoms with Crippen LogP contribution in [0.4, 0.5) is 0 Å². The van der Waals surface area contributed by atoms with Crippen LogP contribution in [0.1, 0.15) is 48.4 Å². The normalized spacial score (nSPS) is 25.1. The van der Waals surface area contributed by atoms with Crippen LogP contribution in [0.2, 0.25) is 0 Å². The van der Waals surface area contributed by atoms with E-state index in [4.69, 9.17) is 16.2 Å². The number of rotatable bonds is 3. The van der Waals surface area contributed by atoms with Gasteiger partial charge < -0.3 is 16.2 Å². The molecule has 0 bridgehead atoms. The first kappa shape index (κ1) is 14.4. The molecule has 0 amide bonds. The third-order valence-electron chi connectivity index (χ3n) is 4.47. The lowest BCUT2D eigenvalue weighted by Crippen LogP contribution is -2.32. The van der Waals surface area contributed by atoms with Crippen molar-refractivity contribution in [3.8, 4) is 5.75 Å². The number of aryl methyl sites for hydroxylation is 2. The van der Waals surface area contributed by atoms with Gasteiger partial charge in [-0.1, -0.05) is 6.07 Å². The van der Waals surface area contributed by atoms with E-state index >= 15 is 0 Å². The van der Waals surface area contributed by atoms with Gasteiger partial charge in [0.15, 0.2) is 0 Å². The van der Waals surface area contributed by atoms with Crippen LogP contribution in [0.3, 0.4) is 0 Å². The highest BCUT2D eigenvalue weighted by Gasteiger charge is 2.26. The first-order valence-electron chi connectivity index (χ1n) is 7.19. The lowest BCUT2D eigenvalue weighted by Gasteiger charge is -2.31. The Hall–Kier alpha value is -1.06. The maximum Gasteiger partial charge on any atom is 0.122 e. The average molecular weight is 262 g/mol. The van der Waals surface area contributed by atoms with Crippen LogP contribution in [0, 0.1) is 19.8 Å². The van der Waals surface area contributed by atoms with Crippen molar-refractivity contribution in [2.45, 2.75) is 51.6 Å². The molecule has 1 fully saturated rings. The molecule has 1 aliphatic rings. The van der Waals surface area contributed by atoms with Crippen molar-refractivity contribution in [1.29, 1.82) is 0 Å². The minimum atomic E-state index is 0.122. The molecule has 0 heterocycles. The van der Waals surface area contributed by atoms with E-state index in [0.717, 1.165) is 37.0 Å². The molecule has 1 aromatic rings. The Labute approximate surface area is 116 Å². The fraction of sp³-hybridized carbons (Fsp3) is 0.625. The number of benzene rings is 1. The molecule has 1 saturated carbocycles. The summed E-state index contributed by atoms with van der Waals surface area (Å²) < 4.78 is 5.36. The van der Waals surface area contributed by atoms with Gasteiger partial charge in [0.2, 0.25) is 0 Å². The Bertz CT molecular complexity index is 437. The third-order valence-corrected chi connectivity index (χ3v) is 4.47. The Morgan fingerprint density at radius 1 is 1.11 bits per heavy atom. The number of hydrogen-bond donors (Lipinski definition) is 2. The van der Waals surface area contributed by atoms with E-state index in [2.05, 4.69) is 26.0 Å². The Morgan fingerprint density at radius 2 is 1.74 bits per heavy atom. The van der Waals surface area contributed by atoms with E-state index in [1.54, 1.807) is 7.11 Å².